The van der Waals surface area contributed by atoms with E-state index in [2.05, 4.69) is 10.1 Å². The van der Waals surface area contributed by atoms with Gasteiger partial charge in [0.15, 0.2) is 0 Å². The lowest BCUT2D eigenvalue weighted by Crippen LogP contribution is -2.12. The molecule has 2 rings (SSSR count). The topological polar surface area (TPSA) is 56.0 Å². The summed E-state index contributed by atoms with van der Waals surface area (Å²) in [6, 6.07) is 7.50. The number of benzene rings is 1. The van der Waals surface area contributed by atoms with Gasteiger partial charge in [-0.15, -0.1) is 0 Å². The van der Waals surface area contributed by atoms with E-state index in [0.29, 0.717) is 5.82 Å². The molecule has 0 bridgehead atoms. The molecule has 1 heterocycles. The third-order valence-corrected chi connectivity index (χ3v) is 2.66. The molecule has 4 nitrogen and oxygen atoms in total. The van der Waals surface area contributed by atoms with E-state index >= 15 is 0 Å². The van der Waals surface area contributed by atoms with Gasteiger partial charge >= 0.3 is 0 Å². The summed E-state index contributed by atoms with van der Waals surface area (Å²) >= 11 is 0. The Kier molecular flexibility index (Phi) is 3.99. The van der Waals surface area contributed by atoms with E-state index in [1.165, 1.54) is 5.56 Å². The molecule has 0 fully saturated rings. The molecule has 0 aliphatic rings. The van der Waals surface area contributed by atoms with Crippen LogP contribution in [0.3, 0.4) is 0 Å². The third kappa shape index (κ3) is 3.21. The van der Waals surface area contributed by atoms with Crippen molar-refractivity contribution in [1.82, 2.24) is 10.1 Å². The number of aromatic nitrogens is 2. The van der Waals surface area contributed by atoms with Crippen molar-refractivity contribution in [3.63, 3.8) is 0 Å². The van der Waals surface area contributed by atoms with Gasteiger partial charge in [-0.05, 0) is 12.0 Å². The lowest BCUT2D eigenvalue weighted by molar-refractivity contribution is -0.129. The van der Waals surface area contributed by atoms with Crippen LogP contribution in [0.25, 0.3) is 11.4 Å². The van der Waals surface area contributed by atoms with Crippen LogP contribution < -0.4 is 0 Å². The number of rotatable bonds is 5. The molecule has 0 spiro atoms. The van der Waals surface area contributed by atoms with Gasteiger partial charge in [-0.1, -0.05) is 36.3 Å². The van der Waals surface area contributed by atoms with Crippen LogP contribution in [0.1, 0.15) is 18.4 Å². The predicted molar refractivity (Wildman–Crippen MR) is 63.8 cm³/mol. The minimum Gasteiger partial charge on any atom is -0.338 e. The van der Waals surface area contributed by atoms with Crippen LogP contribution in [0.5, 0.6) is 0 Å². The molecule has 0 saturated heterocycles. The van der Waals surface area contributed by atoms with Gasteiger partial charge in [-0.3, -0.25) is 4.79 Å². The van der Waals surface area contributed by atoms with Crippen molar-refractivity contribution in [3.8, 4) is 11.4 Å². The number of halogens is 2. The maximum atomic E-state index is 12.1. The van der Waals surface area contributed by atoms with Gasteiger partial charge in [0, 0.05) is 5.56 Å². The summed E-state index contributed by atoms with van der Waals surface area (Å²) in [5.74, 6) is -1.03. The van der Waals surface area contributed by atoms with Crippen LogP contribution in [0.4, 0.5) is 8.78 Å². The van der Waals surface area contributed by atoms with Crippen LogP contribution >= 0.6 is 0 Å². The maximum absolute atomic E-state index is 12.1. The third-order valence-electron chi connectivity index (χ3n) is 2.66. The first-order valence-corrected chi connectivity index (χ1v) is 5.83. The number of aryl methyl sites for hydroxylation is 1. The zero-order valence-corrected chi connectivity index (χ0v) is 10.3. The average Bonchev–Trinajstić information content (AvgIpc) is 2.87. The molecule has 0 N–H and O–H groups in total. The summed E-state index contributed by atoms with van der Waals surface area (Å²) in [6.07, 6.45) is -2.64. The van der Waals surface area contributed by atoms with Crippen molar-refractivity contribution in [1.29, 1.82) is 0 Å². The largest absolute Gasteiger partial charge is 0.338 e. The first kappa shape index (κ1) is 13.3. The zero-order chi connectivity index (χ0) is 13.8. The highest BCUT2D eigenvalue weighted by Crippen LogP contribution is 2.17. The Morgan fingerprint density at radius 3 is 2.58 bits per heavy atom. The Bertz CT molecular complexity index is 564. The molecular formula is C13H12F2N2O2. The second kappa shape index (κ2) is 5.69. The minimum absolute atomic E-state index is 0.0973. The van der Waals surface area contributed by atoms with E-state index in [4.69, 9.17) is 4.52 Å². The molecule has 2 aromatic rings. The van der Waals surface area contributed by atoms with Gasteiger partial charge < -0.3 is 4.52 Å². The molecule has 1 aromatic heterocycles. The Labute approximate surface area is 108 Å². The second-order valence-electron chi connectivity index (χ2n) is 4.01. The van der Waals surface area contributed by atoms with Crippen LogP contribution in [-0.4, -0.2) is 22.3 Å². The van der Waals surface area contributed by atoms with E-state index in [9.17, 15) is 13.6 Å². The quantitative estimate of drug-likeness (QED) is 0.834. The fourth-order valence-corrected chi connectivity index (χ4v) is 1.56. The lowest BCUT2D eigenvalue weighted by Gasteiger charge is -1.97. The molecule has 0 unspecified atom stereocenters. The standard InChI is InChI=1S/C13H12F2N2O2/c1-2-8-3-5-9(6-4-8)13-16-11(19-17-13)7-10(18)12(14)15/h3-6,12H,2,7H2,1H3. The summed E-state index contributed by atoms with van der Waals surface area (Å²) in [5.41, 5.74) is 1.89. The molecule has 1 aromatic carbocycles. The molecule has 19 heavy (non-hydrogen) atoms. The molecule has 0 aliphatic heterocycles. The zero-order valence-electron chi connectivity index (χ0n) is 10.3. The van der Waals surface area contributed by atoms with Crippen LogP contribution in [0.15, 0.2) is 28.8 Å². The summed E-state index contributed by atoms with van der Waals surface area (Å²) in [6.45, 7) is 2.04. The van der Waals surface area contributed by atoms with E-state index in [0.717, 1.165) is 12.0 Å². The number of hydrogen-bond donors (Lipinski definition) is 0. The smallest absolute Gasteiger partial charge is 0.296 e. The second-order valence-corrected chi connectivity index (χ2v) is 4.01. The Balaban J connectivity index is 2.13. The van der Waals surface area contributed by atoms with E-state index in [1.807, 2.05) is 31.2 Å². The first-order chi connectivity index (χ1) is 9.10. The van der Waals surface area contributed by atoms with Crippen molar-refractivity contribution < 1.29 is 18.1 Å². The maximum Gasteiger partial charge on any atom is 0.296 e. The number of hydrogen-bond acceptors (Lipinski definition) is 4. The van der Waals surface area contributed by atoms with Crippen molar-refractivity contribution in [3.05, 3.63) is 35.7 Å². The SMILES string of the molecule is CCc1ccc(-c2noc(CC(=O)C(F)F)n2)cc1. The number of Topliss-reactive ketones (excluding diaryl/α,β-unsaturated/α-hetero) is 1. The highest BCUT2D eigenvalue weighted by Gasteiger charge is 2.19. The Morgan fingerprint density at radius 2 is 2.00 bits per heavy atom. The van der Waals surface area contributed by atoms with Crippen molar-refractivity contribution >= 4 is 5.78 Å². The Hall–Kier alpha value is -2.11. The van der Waals surface area contributed by atoms with E-state index in [-0.39, 0.29) is 5.89 Å². The van der Waals surface area contributed by atoms with Crippen molar-refractivity contribution in [2.45, 2.75) is 26.2 Å². The van der Waals surface area contributed by atoms with Gasteiger partial charge in [0.1, 0.15) is 0 Å². The van der Waals surface area contributed by atoms with Gasteiger partial charge in [0.05, 0.1) is 6.42 Å². The summed E-state index contributed by atoms with van der Waals surface area (Å²) in [5, 5.41) is 3.67. The lowest BCUT2D eigenvalue weighted by atomic mass is 10.1. The highest BCUT2D eigenvalue weighted by molar-refractivity contribution is 5.83. The molecule has 6 heteroatoms. The number of ketones is 1. The van der Waals surface area contributed by atoms with E-state index in [1.54, 1.807) is 0 Å². The van der Waals surface area contributed by atoms with Gasteiger partial charge in [-0.25, -0.2) is 8.78 Å². The van der Waals surface area contributed by atoms with Crippen LogP contribution in [-0.2, 0) is 17.6 Å². The molecule has 0 radical (unpaired) electrons. The Morgan fingerprint density at radius 1 is 1.32 bits per heavy atom. The van der Waals surface area contributed by atoms with Crippen molar-refractivity contribution in [2.24, 2.45) is 0 Å². The average molecular weight is 266 g/mol. The molecule has 0 amide bonds. The summed E-state index contributed by atoms with van der Waals surface area (Å²) < 4.78 is 29.0. The molecule has 0 saturated carbocycles. The number of nitrogens with zero attached hydrogens (tertiary/aromatic N) is 2. The minimum atomic E-state index is -3.01. The van der Waals surface area contributed by atoms with Crippen LogP contribution in [0, 0.1) is 0 Å². The predicted octanol–water partition coefficient (Wildman–Crippen LogP) is 2.68. The fraction of sp³-hybridized carbons (Fsp3) is 0.308. The van der Waals surface area contributed by atoms with Crippen LogP contribution in [0.2, 0.25) is 0 Å². The molecular weight excluding hydrogens is 254 g/mol. The normalized spacial score (nSPS) is 10.9. The number of alkyl halides is 2. The van der Waals surface area contributed by atoms with Gasteiger partial charge in [0.25, 0.3) is 6.43 Å². The molecule has 0 atom stereocenters. The molecule has 0 aliphatic carbocycles. The van der Waals surface area contributed by atoms with Gasteiger partial charge in [-0.2, -0.15) is 4.98 Å². The highest BCUT2D eigenvalue weighted by atomic mass is 19.3. The van der Waals surface area contributed by atoms with E-state index < -0.39 is 18.6 Å². The summed E-state index contributed by atoms with van der Waals surface area (Å²) in [7, 11) is 0. The number of carbonyl (C=O) groups excluding carboxylic acids is 1. The number of carbonyl (C=O) groups is 1. The van der Waals surface area contributed by atoms with Crippen molar-refractivity contribution in [2.75, 3.05) is 0 Å². The van der Waals surface area contributed by atoms with Gasteiger partial charge in [0.2, 0.25) is 17.5 Å². The summed E-state index contributed by atoms with van der Waals surface area (Å²) in [4.78, 5) is 14.8. The molecule has 100 valence electrons. The first-order valence-electron chi connectivity index (χ1n) is 5.83. The monoisotopic (exact) mass is 266 g/mol. The fourth-order valence-electron chi connectivity index (χ4n) is 1.56.